The number of methoxy groups -OCH3 is 1. The van der Waals surface area contributed by atoms with E-state index in [1.54, 1.807) is 7.11 Å². The molecule has 1 saturated heterocycles. The van der Waals surface area contributed by atoms with E-state index in [2.05, 4.69) is 27.9 Å². The van der Waals surface area contributed by atoms with Gasteiger partial charge in [0.1, 0.15) is 12.4 Å². The van der Waals surface area contributed by atoms with Gasteiger partial charge in [0.25, 0.3) is 0 Å². The van der Waals surface area contributed by atoms with E-state index in [-0.39, 0.29) is 0 Å². The second-order valence-corrected chi connectivity index (χ2v) is 6.64. The first-order valence-corrected chi connectivity index (χ1v) is 9.10. The van der Waals surface area contributed by atoms with Gasteiger partial charge < -0.3 is 19.1 Å². The Labute approximate surface area is 158 Å². The molecule has 3 heterocycles. The first-order valence-electron chi connectivity index (χ1n) is 9.10. The topological polar surface area (TPSA) is 56.7 Å². The zero-order chi connectivity index (χ0) is 18.6. The van der Waals surface area contributed by atoms with Crippen LogP contribution in [0.4, 0.5) is 5.69 Å². The maximum atomic E-state index is 5.87. The lowest BCUT2D eigenvalue weighted by molar-refractivity contribution is 0.0989. The van der Waals surface area contributed by atoms with Gasteiger partial charge in [-0.15, -0.1) is 0 Å². The van der Waals surface area contributed by atoms with Crippen molar-refractivity contribution < 1.29 is 14.2 Å². The van der Waals surface area contributed by atoms with Crippen LogP contribution < -0.4 is 14.4 Å². The summed E-state index contributed by atoms with van der Waals surface area (Å²) in [7, 11) is 1.66. The Balaban J connectivity index is 1.51. The average Bonchev–Trinajstić information content (AvgIpc) is 2.72. The van der Waals surface area contributed by atoms with Crippen molar-refractivity contribution in [1.29, 1.82) is 0 Å². The van der Waals surface area contributed by atoms with Gasteiger partial charge in [-0.1, -0.05) is 12.1 Å². The van der Waals surface area contributed by atoms with Crippen LogP contribution in [0.25, 0.3) is 11.0 Å². The second kappa shape index (κ2) is 7.80. The molecular formula is C21H23N3O3. The van der Waals surface area contributed by atoms with Crippen molar-refractivity contribution in [3.63, 3.8) is 0 Å². The van der Waals surface area contributed by atoms with Crippen molar-refractivity contribution in [2.45, 2.75) is 19.6 Å². The number of morpholine rings is 1. The van der Waals surface area contributed by atoms with Crippen LogP contribution in [0.2, 0.25) is 0 Å². The minimum atomic E-state index is 0.326. The van der Waals surface area contributed by atoms with E-state index < -0.39 is 0 Å². The zero-order valence-corrected chi connectivity index (χ0v) is 15.6. The van der Waals surface area contributed by atoms with Crippen LogP contribution in [0.1, 0.15) is 12.5 Å². The van der Waals surface area contributed by atoms with E-state index in [1.165, 1.54) is 0 Å². The molecule has 0 amide bonds. The van der Waals surface area contributed by atoms with Crippen LogP contribution in [-0.2, 0) is 11.3 Å². The molecule has 6 heteroatoms. The van der Waals surface area contributed by atoms with Gasteiger partial charge in [-0.3, -0.25) is 4.98 Å². The molecule has 0 aliphatic carbocycles. The van der Waals surface area contributed by atoms with Crippen LogP contribution in [0.3, 0.4) is 0 Å². The molecule has 27 heavy (non-hydrogen) atoms. The van der Waals surface area contributed by atoms with E-state index in [9.17, 15) is 0 Å². The molecule has 1 aliphatic heterocycles. The van der Waals surface area contributed by atoms with E-state index in [1.807, 2.05) is 42.6 Å². The van der Waals surface area contributed by atoms with Crippen LogP contribution in [0, 0.1) is 0 Å². The Morgan fingerprint density at radius 1 is 1.15 bits per heavy atom. The zero-order valence-electron chi connectivity index (χ0n) is 15.6. The van der Waals surface area contributed by atoms with E-state index >= 15 is 0 Å². The highest BCUT2D eigenvalue weighted by Crippen LogP contribution is 2.24. The SMILES string of the molecule is COc1ccc(COc2ccc3ncc(N4CCOC[C@H]4C)cc3n2)cc1. The van der Waals surface area contributed by atoms with Gasteiger partial charge in [-0.25, -0.2) is 4.98 Å². The molecule has 1 fully saturated rings. The highest BCUT2D eigenvalue weighted by molar-refractivity contribution is 5.78. The lowest BCUT2D eigenvalue weighted by atomic mass is 10.2. The van der Waals surface area contributed by atoms with Gasteiger partial charge >= 0.3 is 0 Å². The summed E-state index contributed by atoms with van der Waals surface area (Å²) in [5.41, 5.74) is 3.82. The minimum Gasteiger partial charge on any atom is -0.497 e. The van der Waals surface area contributed by atoms with Gasteiger partial charge in [0.2, 0.25) is 5.88 Å². The number of rotatable bonds is 5. The van der Waals surface area contributed by atoms with E-state index in [0.29, 0.717) is 18.5 Å². The predicted molar refractivity (Wildman–Crippen MR) is 104 cm³/mol. The first-order chi connectivity index (χ1) is 13.2. The number of hydrogen-bond donors (Lipinski definition) is 0. The maximum absolute atomic E-state index is 5.87. The number of aromatic nitrogens is 2. The summed E-state index contributed by atoms with van der Waals surface area (Å²) in [6.07, 6.45) is 1.91. The smallest absolute Gasteiger partial charge is 0.214 e. The fourth-order valence-electron chi connectivity index (χ4n) is 3.20. The van der Waals surface area contributed by atoms with Gasteiger partial charge in [-0.05, 0) is 36.8 Å². The first kappa shape index (κ1) is 17.5. The number of hydrogen-bond acceptors (Lipinski definition) is 6. The number of ether oxygens (including phenoxy) is 3. The van der Waals surface area contributed by atoms with Crippen LogP contribution in [0.15, 0.2) is 48.7 Å². The van der Waals surface area contributed by atoms with Crippen molar-refractivity contribution in [2.75, 3.05) is 31.8 Å². The Morgan fingerprint density at radius 3 is 2.78 bits per heavy atom. The highest BCUT2D eigenvalue weighted by atomic mass is 16.5. The standard InChI is InChI=1S/C21H23N3O3/c1-15-13-26-10-9-24(15)17-11-20-19(22-12-17)7-8-21(23-20)27-14-16-3-5-18(25-2)6-4-16/h3-8,11-12,15H,9-10,13-14H2,1-2H3/t15-/m1/s1. The number of pyridine rings is 2. The highest BCUT2D eigenvalue weighted by Gasteiger charge is 2.19. The number of nitrogens with zero attached hydrogens (tertiary/aromatic N) is 3. The molecule has 0 bridgehead atoms. The second-order valence-electron chi connectivity index (χ2n) is 6.64. The number of anilines is 1. The Morgan fingerprint density at radius 2 is 2.00 bits per heavy atom. The fraction of sp³-hybridized carbons (Fsp3) is 0.333. The van der Waals surface area contributed by atoms with Gasteiger partial charge in [0.15, 0.2) is 0 Å². The molecule has 1 aromatic carbocycles. The molecule has 0 spiro atoms. The lowest BCUT2D eigenvalue weighted by Gasteiger charge is -2.35. The quantitative estimate of drug-likeness (QED) is 0.690. The largest absolute Gasteiger partial charge is 0.497 e. The fourth-order valence-corrected chi connectivity index (χ4v) is 3.20. The summed E-state index contributed by atoms with van der Waals surface area (Å²) in [5, 5.41) is 0. The molecule has 2 aromatic heterocycles. The molecular weight excluding hydrogens is 342 g/mol. The minimum absolute atomic E-state index is 0.326. The van der Waals surface area contributed by atoms with E-state index in [4.69, 9.17) is 14.2 Å². The molecule has 0 saturated carbocycles. The Bertz CT molecular complexity index is 914. The number of benzene rings is 1. The normalized spacial score (nSPS) is 17.1. The third-order valence-electron chi connectivity index (χ3n) is 4.74. The summed E-state index contributed by atoms with van der Waals surface area (Å²) in [4.78, 5) is 11.5. The molecule has 1 aliphatic rings. The van der Waals surface area contributed by atoms with Crippen molar-refractivity contribution in [2.24, 2.45) is 0 Å². The predicted octanol–water partition coefficient (Wildman–Crippen LogP) is 3.44. The van der Waals surface area contributed by atoms with Crippen LogP contribution in [0.5, 0.6) is 11.6 Å². The molecule has 140 valence electrons. The summed E-state index contributed by atoms with van der Waals surface area (Å²) in [6.45, 7) is 4.95. The molecule has 0 unspecified atom stereocenters. The Kier molecular flexibility index (Phi) is 5.07. The number of fused-ring (bicyclic) bond motifs is 1. The van der Waals surface area contributed by atoms with Crippen LogP contribution >= 0.6 is 0 Å². The Hall–Kier alpha value is -2.86. The van der Waals surface area contributed by atoms with Gasteiger partial charge in [-0.2, -0.15) is 0 Å². The summed E-state index contributed by atoms with van der Waals surface area (Å²) in [5.74, 6) is 1.42. The third-order valence-corrected chi connectivity index (χ3v) is 4.74. The van der Waals surface area contributed by atoms with Crippen molar-refractivity contribution in [1.82, 2.24) is 9.97 Å². The molecule has 0 radical (unpaired) electrons. The summed E-state index contributed by atoms with van der Waals surface area (Å²) < 4.78 is 16.6. The van der Waals surface area contributed by atoms with Crippen molar-refractivity contribution >= 4 is 16.7 Å². The summed E-state index contributed by atoms with van der Waals surface area (Å²) >= 11 is 0. The molecule has 3 aromatic rings. The maximum Gasteiger partial charge on any atom is 0.214 e. The monoisotopic (exact) mass is 365 g/mol. The van der Waals surface area contributed by atoms with Gasteiger partial charge in [0, 0.05) is 18.7 Å². The van der Waals surface area contributed by atoms with Gasteiger partial charge in [0.05, 0.1) is 43.2 Å². The van der Waals surface area contributed by atoms with Crippen molar-refractivity contribution in [3.05, 3.63) is 54.2 Å². The third kappa shape index (κ3) is 3.95. The average molecular weight is 365 g/mol. The lowest BCUT2D eigenvalue weighted by Crippen LogP contribution is -2.43. The molecule has 4 rings (SSSR count). The van der Waals surface area contributed by atoms with Crippen LogP contribution in [-0.4, -0.2) is 42.9 Å². The molecule has 0 N–H and O–H groups in total. The molecule has 6 nitrogen and oxygen atoms in total. The summed E-state index contributed by atoms with van der Waals surface area (Å²) in [6, 6.07) is 14.0. The van der Waals surface area contributed by atoms with Crippen molar-refractivity contribution in [3.8, 4) is 11.6 Å². The molecule has 1 atom stereocenters. The van der Waals surface area contributed by atoms with E-state index in [0.717, 1.165) is 47.8 Å².